The number of nitrogens with zero attached hydrogens (tertiary/aromatic N) is 1. The van der Waals surface area contributed by atoms with E-state index in [-0.39, 0.29) is 5.75 Å². The van der Waals surface area contributed by atoms with E-state index in [1.165, 1.54) is 24.8 Å². The van der Waals surface area contributed by atoms with Gasteiger partial charge in [0.2, 0.25) is 0 Å². The molecule has 18 heavy (non-hydrogen) atoms. The van der Waals surface area contributed by atoms with Gasteiger partial charge in [-0.2, -0.15) is 0 Å². The van der Waals surface area contributed by atoms with Crippen molar-refractivity contribution in [3.63, 3.8) is 0 Å². The van der Waals surface area contributed by atoms with Crippen molar-refractivity contribution >= 4 is 11.6 Å². The zero-order valence-corrected chi connectivity index (χ0v) is 11.6. The summed E-state index contributed by atoms with van der Waals surface area (Å²) in [5.41, 5.74) is 1.17. The molecule has 0 saturated carbocycles. The second-order valence-corrected chi connectivity index (χ2v) is 5.37. The Balaban J connectivity index is 2.03. The number of rotatable bonds is 4. The highest BCUT2D eigenvalue weighted by Gasteiger charge is 2.21. The average molecular weight is 269 g/mol. The van der Waals surface area contributed by atoms with Crippen LogP contribution in [0.25, 0.3) is 0 Å². The topological polar surface area (TPSA) is 35.5 Å². The first-order valence-corrected chi connectivity index (χ1v) is 6.94. The van der Waals surface area contributed by atoms with Crippen molar-refractivity contribution in [3.8, 4) is 5.75 Å². The predicted octanol–water partition coefficient (Wildman–Crippen LogP) is 2.62. The number of benzene rings is 1. The first-order valence-electron chi connectivity index (χ1n) is 6.56. The van der Waals surface area contributed by atoms with Gasteiger partial charge in [0.1, 0.15) is 5.75 Å². The molecule has 0 aromatic heterocycles. The van der Waals surface area contributed by atoms with Gasteiger partial charge in [0.25, 0.3) is 0 Å². The first-order chi connectivity index (χ1) is 8.70. The summed E-state index contributed by atoms with van der Waals surface area (Å²) in [5, 5.41) is 13.1. The molecule has 1 saturated heterocycles. The zero-order chi connectivity index (χ0) is 13.0. The maximum absolute atomic E-state index is 9.43. The Labute approximate surface area is 114 Å². The van der Waals surface area contributed by atoms with E-state index >= 15 is 0 Å². The van der Waals surface area contributed by atoms with Crippen LogP contribution in [0, 0.1) is 0 Å². The molecule has 1 aromatic rings. The van der Waals surface area contributed by atoms with Gasteiger partial charge in [-0.15, -0.1) is 0 Å². The number of halogens is 1. The maximum Gasteiger partial charge on any atom is 0.134 e. The van der Waals surface area contributed by atoms with Crippen LogP contribution in [0.1, 0.15) is 24.8 Å². The van der Waals surface area contributed by atoms with E-state index in [0.29, 0.717) is 11.1 Å². The molecule has 0 aliphatic carbocycles. The van der Waals surface area contributed by atoms with Gasteiger partial charge >= 0.3 is 0 Å². The van der Waals surface area contributed by atoms with Crippen LogP contribution in [0.3, 0.4) is 0 Å². The van der Waals surface area contributed by atoms with E-state index in [4.69, 9.17) is 11.6 Å². The van der Waals surface area contributed by atoms with Crippen LogP contribution < -0.4 is 5.32 Å². The van der Waals surface area contributed by atoms with Gasteiger partial charge in [0.15, 0.2) is 0 Å². The van der Waals surface area contributed by atoms with Gasteiger partial charge in [0.05, 0.1) is 5.02 Å². The van der Waals surface area contributed by atoms with Crippen LogP contribution in [-0.4, -0.2) is 36.2 Å². The molecule has 0 radical (unpaired) electrons. The smallest absolute Gasteiger partial charge is 0.134 e. The van der Waals surface area contributed by atoms with E-state index < -0.39 is 0 Å². The van der Waals surface area contributed by atoms with Crippen LogP contribution in [0.4, 0.5) is 0 Å². The Morgan fingerprint density at radius 1 is 1.44 bits per heavy atom. The third-order valence-corrected chi connectivity index (χ3v) is 3.89. The normalized spacial score (nSPS) is 21.1. The van der Waals surface area contributed by atoms with Gasteiger partial charge in [-0.3, -0.25) is 4.90 Å². The zero-order valence-electron chi connectivity index (χ0n) is 10.8. The van der Waals surface area contributed by atoms with Crippen molar-refractivity contribution in [2.75, 3.05) is 20.1 Å². The van der Waals surface area contributed by atoms with Crippen molar-refractivity contribution < 1.29 is 5.11 Å². The standard InChI is InChI=1S/C14H21ClN2O/c1-16-9-12-4-2-3-7-17(12)10-11-5-6-14(18)13(15)8-11/h5-6,8,12,16,18H,2-4,7,9-10H2,1H3. The number of nitrogens with one attached hydrogen (secondary N) is 1. The van der Waals surface area contributed by atoms with Crippen molar-refractivity contribution in [1.82, 2.24) is 10.2 Å². The molecule has 1 aromatic carbocycles. The van der Waals surface area contributed by atoms with Crippen molar-refractivity contribution in [3.05, 3.63) is 28.8 Å². The molecule has 2 rings (SSSR count). The number of piperidine rings is 1. The van der Waals surface area contributed by atoms with Crippen molar-refractivity contribution in [2.24, 2.45) is 0 Å². The van der Waals surface area contributed by atoms with Crippen LogP contribution in [0.15, 0.2) is 18.2 Å². The lowest BCUT2D eigenvalue weighted by molar-refractivity contribution is 0.139. The van der Waals surface area contributed by atoms with E-state index in [9.17, 15) is 5.11 Å². The molecule has 2 N–H and O–H groups in total. The summed E-state index contributed by atoms with van der Waals surface area (Å²) in [5.74, 6) is 0.158. The molecule has 3 nitrogen and oxygen atoms in total. The molecule has 4 heteroatoms. The van der Waals surface area contributed by atoms with Crippen LogP contribution in [0.5, 0.6) is 5.75 Å². The monoisotopic (exact) mass is 268 g/mol. The Morgan fingerprint density at radius 2 is 2.28 bits per heavy atom. The molecule has 0 bridgehead atoms. The Kier molecular flexibility index (Phi) is 4.87. The summed E-state index contributed by atoms with van der Waals surface area (Å²) in [4.78, 5) is 2.50. The van der Waals surface area contributed by atoms with E-state index in [1.54, 1.807) is 6.07 Å². The fourth-order valence-corrected chi connectivity index (χ4v) is 2.82. The molecular formula is C14H21ClN2O. The largest absolute Gasteiger partial charge is 0.506 e. The minimum atomic E-state index is 0.158. The Bertz CT molecular complexity index is 395. The molecule has 1 unspecified atom stereocenters. The minimum absolute atomic E-state index is 0.158. The molecule has 1 aliphatic heterocycles. The SMILES string of the molecule is CNCC1CCCCN1Cc1ccc(O)c(Cl)c1. The molecule has 1 heterocycles. The summed E-state index contributed by atoms with van der Waals surface area (Å²) in [6, 6.07) is 6.10. The first kappa shape index (κ1) is 13.7. The summed E-state index contributed by atoms with van der Waals surface area (Å²) >= 11 is 5.95. The highest BCUT2D eigenvalue weighted by Crippen LogP contribution is 2.26. The number of likely N-dealkylation sites (N-methyl/N-ethyl adjacent to an activating group) is 1. The molecule has 1 atom stereocenters. The third kappa shape index (κ3) is 3.37. The van der Waals surface area contributed by atoms with Gasteiger partial charge < -0.3 is 10.4 Å². The van der Waals surface area contributed by atoms with Gasteiger partial charge in [-0.05, 0) is 44.1 Å². The fraction of sp³-hybridized carbons (Fsp3) is 0.571. The highest BCUT2D eigenvalue weighted by molar-refractivity contribution is 6.32. The quantitative estimate of drug-likeness (QED) is 0.881. The number of hydrogen-bond acceptors (Lipinski definition) is 3. The Hall–Kier alpha value is -0.770. The average Bonchev–Trinajstić information content (AvgIpc) is 2.37. The molecule has 0 spiro atoms. The van der Waals surface area contributed by atoms with E-state index in [0.717, 1.165) is 19.6 Å². The maximum atomic E-state index is 9.43. The van der Waals surface area contributed by atoms with Crippen LogP contribution >= 0.6 is 11.6 Å². The molecular weight excluding hydrogens is 248 g/mol. The lowest BCUT2D eigenvalue weighted by atomic mass is 10.0. The molecule has 0 amide bonds. The molecule has 1 fully saturated rings. The second-order valence-electron chi connectivity index (χ2n) is 4.96. The molecule has 100 valence electrons. The predicted molar refractivity (Wildman–Crippen MR) is 75.1 cm³/mol. The van der Waals surface area contributed by atoms with Gasteiger partial charge in [0, 0.05) is 19.1 Å². The van der Waals surface area contributed by atoms with E-state index in [1.807, 2.05) is 19.2 Å². The Morgan fingerprint density at radius 3 is 3.00 bits per heavy atom. The highest BCUT2D eigenvalue weighted by atomic mass is 35.5. The van der Waals surface area contributed by atoms with Gasteiger partial charge in [-0.25, -0.2) is 0 Å². The van der Waals surface area contributed by atoms with Crippen LogP contribution in [0.2, 0.25) is 5.02 Å². The van der Waals surface area contributed by atoms with Crippen molar-refractivity contribution in [1.29, 1.82) is 0 Å². The number of phenols is 1. The van der Waals surface area contributed by atoms with Gasteiger partial charge in [-0.1, -0.05) is 24.1 Å². The lowest BCUT2D eigenvalue weighted by Gasteiger charge is -2.35. The number of hydrogen-bond donors (Lipinski definition) is 2. The number of aromatic hydroxyl groups is 1. The summed E-state index contributed by atoms with van der Waals surface area (Å²) in [6.07, 6.45) is 3.85. The number of phenolic OH excluding ortho intramolecular Hbond substituents is 1. The number of likely N-dealkylation sites (tertiary alicyclic amines) is 1. The van der Waals surface area contributed by atoms with E-state index in [2.05, 4.69) is 10.2 Å². The third-order valence-electron chi connectivity index (χ3n) is 3.59. The minimum Gasteiger partial charge on any atom is -0.506 e. The lowest BCUT2D eigenvalue weighted by Crippen LogP contribution is -2.44. The summed E-state index contributed by atoms with van der Waals surface area (Å²) in [6.45, 7) is 3.09. The van der Waals surface area contributed by atoms with Crippen LogP contribution in [-0.2, 0) is 6.54 Å². The molecule has 1 aliphatic rings. The van der Waals surface area contributed by atoms with Crippen molar-refractivity contribution in [2.45, 2.75) is 31.8 Å². The summed E-state index contributed by atoms with van der Waals surface area (Å²) in [7, 11) is 2.00. The fourth-order valence-electron chi connectivity index (χ4n) is 2.62. The second kappa shape index (κ2) is 6.41. The summed E-state index contributed by atoms with van der Waals surface area (Å²) < 4.78 is 0.